The van der Waals surface area contributed by atoms with E-state index in [9.17, 15) is 14.4 Å². The van der Waals surface area contributed by atoms with Crippen molar-refractivity contribution in [2.75, 3.05) is 7.11 Å². The molecule has 0 unspecified atom stereocenters. The summed E-state index contributed by atoms with van der Waals surface area (Å²) in [6.07, 6.45) is 2.39. The summed E-state index contributed by atoms with van der Waals surface area (Å²) in [7, 11) is 1.52. The van der Waals surface area contributed by atoms with Crippen molar-refractivity contribution in [3.63, 3.8) is 0 Å². The minimum absolute atomic E-state index is 0.112. The number of hydrogen-bond donors (Lipinski definition) is 0. The molecule has 1 aliphatic rings. The number of carbonyl (C=O) groups excluding carboxylic acids is 2. The predicted octanol–water partition coefficient (Wildman–Crippen LogP) is 2.89. The summed E-state index contributed by atoms with van der Waals surface area (Å²) in [4.78, 5) is 36.6. The Bertz CT molecular complexity index is 1100. The summed E-state index contributed by atoms with van der Waals surface area (Å²) < 4.78 is 10.5. The molecular weight excluding hydrogens is 296 g/mol. The second-order valence-electron chi connectivity index (χ2n) is 5.22. The minimum Gasteiger partial charge on any atom is -0.497 e. The molecular formula is C18H10O5. The smallest absolute Gasteiger partial charge is 0.344 e. The van der Waals surface area contributed by atoms with Gasteiger partial charge in [-0.15, -0.1) is 0 Å². The summed E-state index contributed by atoms with van der Waals surface area (Å²) in [5.41, 5.74) is 0.0626. The zero-order valence-corrected chi connectivity index (χ0v) is 12.1. The Hall–Kier alpha value is -3.21. The van der Waals surface area contributed by atoms with E-state index in [1.54, 1.807) is 30.3 Å². The molecule has 0 N–H and O–H groups in total. The van der Waals surface area contributed by atoms with Crippen molar-refractivity contribution in [2.45, 2.75) is 0 Å². The molecule has 0 bridgehead atoms. The van der Waals surface area contributed by atoms with Gasteiger partial charge in [-0.05, 0) is 30.4 Å². The molecule has 23 heavy (non-hydrogen) atoms. The van der Waals surface area contributed by atoms with Crippen LogP contribution in [0.2, 0.25) is 0 Å². The van der Waals surface area contributed by atoms with E-state index < -0.39 is 5.63 Å². The maximum absolute atomic E-state index is 12.4. The molecule has 112 valence electrons. The van der Waals surface area contributed by atoms with Crippen LogP contribution in [0.4, 0.5) is 0 Å². The first-order chi connectivity index (χ1) is 11.1. The zero-order valence-electron chi connectivity index (χ0n) is 12.1. The van der Waals surface area contributed by atoms with Crippen LogP contribution in [0.3, 0.4) is 0 Å². The Morgan fingerprint density at radius 2 is 1.65 bits per heavy atom. The molecule has 0 radical (unpaired) electrons. The third kappa shape index (κ3) is 1.83. The minimum atomic E-state index is -0.644. The fraction of sp³-hybridized carbons (Fsp3) is 0.0556. The van der Waals surface area contributed by atoms with Gasteiger partial charge < -0.3 is 9.15 Å². The number of allylic oxidation sites excluding steroid dienone is 2. The fourth-order valence-corrected chi connectivity index (χ4v) is 2.91. The van der Waals surface area contributed by atoms with Crippen LogP contribution in [0.1, 0.15) is 20.7 Å². The number of fused-ring (bicyclic) bond motifs is 5. The van der Waals surface area contributed by atoms with E-state index in [2.05, 4.69) is 0 Å². The van der Waals surface area contributed by atoms with E-state index in [0.717, 1.165) is 0 Å². The van der Waals surface area contributed by atoms with Crippen LogP contribution in [0.15, 0.2) is 51.7 Å². The summed E-state index contributed by atoms with van der Waals surface area (Å²) in [5, 5.41) is 1.40. The fourth-order valence-electron chi connectivity index (χ4n) is 2.91. The topological polar surface area (TPSA) is 73.6 Å². The molecule has 1 heterocycles. The lowest BCUT2D eigenvalue weighted by Gasteiger charge is -2.12. The number of ether oxygens (including phenoxy) is 1. The first-order valence-corrected chi connectivity index (χ1v) is 6.94. The summed E-state index contributed by atoms with van der Waals surface area (Å²) in [6.45, 7) is 0. The molecule has 0 fully saturated rings. The van der Waals surface area contributed by atoms with Gasteiger partial charge in [0.1, 0.15) is 11.3 Å². The van der Waals surface area contributed by atoms with Crippen LogP contribution in [-0.2, 0) is 0 Å². The average Bonchev–Trinajstić information content (AvgIpc) is 2.57. The number of benzene rings is 2. The van der Waals surface area contributed by atoms with Crippen molar-refractivity contribution in [3.05, 3.63) is 64.0 Å². The van der Waals surface area contributed by atoms with Gasteiger partial charge in [-0.2, -0.15) is 0 Å². The van der Waals surface area contributed by atoms with Gasteiger partial charge in [0.05, 0.1) is 12.5 Å². The molecule has 3 aromatic rings. The average molecular weight is 306 g/mol. The number of hydrogen-bond acceptors (Lipinski definition) is 5. The SMILES string of the molecule is COc1ccc2c(c1)oc(=O)c1c3c(ccc12)C(=O)C=CC3=O. The molecule has 4 rings (SSSR count). The van der Waals surface area contributed by atoms with Gasteiger partial charge in [0.15, 0.2) is 11.6 Å². The second kappa shape index (κ2) is 4.64. The Kier molecular flexibility index (Phi) is 2.72. The van der Waals surface area contributed by atoms with Crippen LogP contribution in [0, 0.1) is 0 Å². The lowest BCUT2D eigenvalue weighted by atomic mass is 9.90. The molecule has 1 aliphatic carbocycles. The van der Waals surface area contributed by atoms with Gasteiger partial charge in [-0.1, -0.05) is 6.07 Å². The lowest BCUT2D eigenvalue weighted by molar-refractivity contribution is 0.0995. The van der Waals surface area contributed by atoms with Crippen molar-refractivity contribution in [1.82, 2.24) is 0 Å². The highest BCUT2D eigenvalue weighted by Gasteiger charge is 2.24. The molecule has 5 heteroatoms. The highest BCUT2D eigenvalue weighted by Crippen LogP contribution is 2.31. The van der Waals surface area contributed by atoms with Gasteiger partial charge >= 0.3 is 5.63 Å². The maximum Gasteiger partial charge on any atom is 0.344 e. The van der Waals surface area contributed by atoms with Crippen LogP contribution in [0.25, 0.3) is 21.7 Å². The molecule has 0 amide bonds. The van der Waals surface area contributed by atoms with Gasteiger partial charge in [0.2, 0.25) is 0 Å². The number of rotatable bonds is 1. The van der Waals surface area contributed by atoms with E-state index in [4.69, 9.17) is 9.15 Å². The van der Waals surface area contributed by atoms with Gasteiger partial charge in [-0.3, -0.25) is 9.59 Å². The molecule has 0 aliphatic heterocycles. The summed E-state index contributed by atoms with van der Waals surface area (Å²) in [5.74, 6) is -0.103. The van der Waals surface area contributed by atoms with E-state index in [0.29, 0.717) is 22.1 Å². The number of ketones is 2. The Morgan fingerprint density at radius 1 is 0.913 bits per heavy atom. The van der Waals surface area contributed by atoms with Gasteiger partial charge in [0.25, 0.3) is 0 Å². The van der Waals surface area contributed by atoms with Crippen LogP contribution in [0.5, 0.6) is 5.75 Å². The van der Waals surface area contributed by atoms with E-state index >= 15 is 0 Å². The summed E-state index contributed by atoms with van der Waals surface area (Å²) in [6, 6.07) is 8.36. The predicted molar refractivity (Wildman–Crippen MR) is 84.3 cm³/mol. The standard InChI is InChI=1S/C18H10O5/c1-22-9-2-3-10-11-4-5-12-13(19)6-7-14(20)16(12)17(11)18(21)23-15(10)8-9/h2-8H,1H3. The second-order valence-corrected chi connectivity index (χ2v) is 5.22. The highest BCUT2D eigenvalue weighted by atomic mass is 16.5. The van der Waals surface area contributed by atoms with Crippen molar-refractivity contribution >= 4 is 33.3 Å². The molecule has 0 atom stereocenters. The Labute approximate surface area is 129 Å². The van der Waals surface area contributed by atoms with Crippen LogP contribution in [-0.4, -0.2) is 18.7 Å². The maximum atomic E-state index is 12.4. The largest absolute Gasteiger partial charge is 0.497 e. The first kappa shape index (κ1) is 13.5. The van der Waals surface area contributed by atoms with E-state index in [1.165, 1.54) is 19.3 Å². The molecule has 0 saturated carbocycles. The zero-order chi connectivity index (χ0) is 16.1. The van der Waals surface area contributed by atoms with Crippen molar-refractivity contribution < 1.29 is 18.7 Å². The first-order valence-electron chi connectivity index (χ1n) is 6.94. The van der Waals surface area contributed by atoms with Gasteiger partial charge in [-0.25, -0.2) is 4.79 Å². The van der Waals surface area contributed by atoms with Crippen molar-refractivity contribution in [2.24, 2.45) is 0 Å². The molecule has 5 nitrogen and oxygen atoms in total. The van der Waals surface area contributed by atoms with E-state index in [1.807, 2.05) is 0 Å². The third-order valence-corrected chi connectivity index (χ3v) is 3.99. The Balaban J connectivity index is 2.20. The monoisotopic (exact) mass is 306 g/mol. The Morgan fingerprint density at radius 3 is 2.43 bits per heavy atom. The van der Waals surface area contributed by atoms with Crippen LogP contribution < -0.4 is 10.4 Å². The molecule has 2 aromatic carbocycles. The third-order valence-electron chi connectivity index (χ3n) is 3.99. The highest BCUT2D eigenvalue weighted by molar-refractivity contribution is 6.28. The summed E-state index contributed by atoms with van der Waals surface area (Å²) >= 11 is 0. The molecule has 0 spiro atoms. The lowest BCUT2D eigenvalue weighted by Crippen LogP contribution is -2.16. The molecule has 0 saturated heterocycles. The normalized spacial score (nSPS) is 13.6. The van der Waals surface area contributed by atoms with E-state index in [-0.39, 0.29) is 28.1 Å². The van der Waals surface area contributed by atoms with Crippen LogP contribution >= 0.6 is 0 Å². The number of carbonyl (C=O) groups is 2. The number of methoxy groups -OCH3 is 1. The quantitative estimate of drug-likeness (QED) is 0.510. The van der Waals surface area contributed by atoms with Crippen molar-refractivity contribution in [1.29, 1.82) is 0 Å². The van der Waals surface area contributed by atoms with Gasteiger partial charge in [0, 0.05) is 28.0 Å². The molecule has 1 aromatic heterocycles. The van der Waals surface area contributed by atoms with Crippen molar-refractivity contribution in [3.8, 4) is 5.75 Å².